The van der Waals surface area contributed by atoms with Crippen LogP contribution in [0.2, 0.25) is 0 Å². The summed E-state index contributed by atoms with van der Waals surface area (Å²) in [6.45, 7) is 0.152. The number of carbonyl (C=O) groups is 1. The number of ether oxygens (including phenoxy) is 1. The summed E-state index contributed by atoms with van der Waals surface area (Å²) in [7, 11) is 0. The van der Waals surface area contributed by atoms with Crippen molar-refractivity contribution in [3.8, 4) is 11.5 Å². The van der Waals surface area contributed by atoms with Gasteiger partial charge in [0.15, 0.2) is 0 Å². The first-order valence-electron chi connectivity index (χ1n) is 9.13. The topological polar surface area (TPSA) is 58.6 Å². The summed E-state index contributed by atoms with van der Waals surface area (Å²) in [5.41, 5.74) is 2.45. The molecule has 1 unspecified atom stereocenters. The van der Waals surface area contributed by atoms with Gasteiger partial charge in [-0.2, -0.15) is 0 Å². The summed E-state index contributed by atoms with van der Waals surface area (Å²) in [4.78, 5) is 14.2. The Labute approximate surface area is 168 Å². The molecule has 2 N–H and O–H groups in total. The lowest BCUT2D eigenvalue weighted by Crippen LogP contribution is -2.34. The molecule has 4 nitrogen and oxygen atoms in total. The number of amides is 1. The molecule has 1 aliphatic rings. The normalized spacial score (nSPS) is 13.8. The third-order valence-corrected chi connectivity index (χ3v) is 5.66. The number of nitrogens with one attached hydrogen (secondary N) is 1. The molecule has 0 fully saturated rings. The molecule has 0 spiro atoms. The van der Waals surface area contributed by atoms with Crippen molar-refractivity contribution in [3.05, 3.63) is 89.5 Å². The molecule has 0 saturated carbocycles. The van der Waals surface area contributed by atoms with Gasteiger partial charge < -0.3 is 15.2 Å². The van der Waals surface area contributed by atoms with Crippen molar-refractivity contribution in [3.63, 3.8) is 0 Å². The monoisotopic (exact) mass is 391 g/mol. The fraction of sp³-hybridized carbons (Fsp3) is 0.174. The summed E-state index contributed by atoms with van der Waals surface area (Å²) in [5.74, 6) is 0.763. The van der Waals surface area contributed by atoms with Crippen LogP contribution in [0.4, 0.5) is 0 Å². The average Bonchev–Trinajstić information content (AvgIpc) is 2.75. The van der Waals surface area contributed by atoms with Crippen molar-refractivity contribution < 1.29 is 14.6 Å². The third-order valence-electron chi connectivity index (χ3n) is 4.91. The van der Waals surface area contributed by atoms with E-state index in [-0.39, 0.29) is 12.5 Å². The predicted octanol–water partition coefficient (Wildman–Crippen LogP) is 4.50. The van der Waals surface area contributed by atoms with Crippen LogP contribution in [-0.4, -0.2) is 23.8 Å². The molecule has 1 atom stereocenters. The van der Waals surface area contributed by atoms with Gasteiger partial charge in [0.25, 0.3) is 0 Å². The Morgan fingerprint density at radius 3 is 2.14 bits per heavy atom. The minimum Gasteiger partial charge on any atom is -0.457 e. The van der Waals surface area contributed by atoms with E-state index in [1.54, 1.807) is 11.8 Å². The van der Waals surface area contributed by atoms with E-state index in [0.717, 1.165) is 21.6 Å². The van der Waals surface area contributed by atoms with Crippen LogP contribution in [0.5, 0.6) is 11.5 Å². The van der Waals surface area contributed by atoms with Gasteiger partial charge in [0.05, 0.1) is 12.0 Å². The van der Waals surface area contributed by atoms with E-state index in [0.29, 0.717) is 11.5 Å². The SMILES string of the molecule is CSc1ccc(C(O)CNC(=O)C2c3ccccc3Oc3ccccc32)cc1. The van der Waals surface area contributed by atoms with Gasteiger partial charge in [-0.25, -0.2) is 0 Å². The fourth-order valence-corrected chi connectivity index (χ4v) is 3.84. The molecule has 142 valence electrons. The van der Waals surface area contributed by atoms with Crippen molar-refractivity contribution in [2.24, 2.45) is 0 Å². The van der Waals surface area contributed by atoms with Crippen molar-refractivity contribution in [1.29, 1.82) is 0 Å². The number of thioether (sulfide) groups is 1. The highest BCUT2D eigenvalue weighted by molar-refractivity contribution is 7.98. The number of para-hydroxylation sites is 2. The second kappa shape index (κ2) is 8.09. The van der Waals surface area contributed by atoms with Crippen LogP contribution in [0, 0.1) is 0 Å². The van der Waals surface area contributed by atoms with Gasteiger partial charge in [-0.05, 0) is 36.1 Å². The molecule has 28 heavy (non-hydrogen) atoms. The van der Waals surface area contributed by atoms with E-state index < -0.39 is 12.0 Å². The molecule has 5 heteroatoms. The molecular weight excluding hydrogens is 370 g/mol. The summed E-state index contributed by atoms with van der Waals surface area (Å²) in [5, 5.41) is 13.4. The minimum atomic E-state index is -0.759. The summed E-state index contributed by atoms with van der Waals surface area (Å²) < 4.78 is 5.94. The number of benzene rings is 3. The fourth-order valence-electron chi connectivity index (χ4n) is 3.44. The van der Waals surface area contributed by atoms with Gasteiger partial charge in [0.2, 0.25) is 5.91 Å². The highest BCUT2D eigenvalue weighted by atomic mass is 32.2. The molecule has 3 aromatic carbocycles. The first-order valence-corrected chi connectivity index (χ1v) is 10.4. The maximum atomic E-state index is 13.1. The molecule has 0 bridgehead atoms. The molecule has 3 aromatic rings. The third kappa shape index (κ3) is 3.63. The number of carbonyl (C=O) groups excluding carboxylic acids is 1. The Morgan fingerprint density at radius 2 is 1.57 bits per heavy atom. The van der Waals surface area contributed by atoms with Crippen molar-refractivity contribution in [1.82, 2.24) is 5.32 Å². The summed E-state index contributed by atoms with van der Waals surface area (Å²) in [6.07, 6.45) is 1.25. The van der Waals surface area contributed by atoms with E-state index >= 15 is 0 Å². The van der Waals surface area contributed by atoms with Gasteiger partial charge in [-0.3, -0.25) is 4.79 Å². The highest BCUT2D eigenvalue weighted by Gasteiger charge is 2.32. The smallest absolute Gasteiger partial charge is 0.232 e. The van der Waals surface area contributed by atoms with Crippen molar-refractivity contribution in [2.45, 2.75) is 16.9 Å². The first kappa shape index (κ1) is 18.6. The lowest BCUT2D eigenvalue weighted by atomic mass is 9.87. The molecule has 4 rings (SSSR count). The van der Waals surface area contributed by atoms with E-state index in [9.17, 15) is 9.90 Å². The number of hydrogen-bond donors (Lipinski definition) is 2. The molecular formula is C23H21NO3S. The number of aliphatic hydroxyl groups excluding tert-OH is 1. The Morgan fingerprint density at radius 1 is 1.00 bits per heavy atom. The number of rotatable bonds is 5. The predicted molar refractivity (Wildman–Crippen MR) is 111 cm³/mol. The van der Waals surface area contributed by atoms with Gasteiger partial charge in [-0.15, -0.1) is 11.8 Å². The van der Waals surface area contributed by atoms with Crippen LogP contribution < -0.4 is 10.1 Å². The summed E-state index contributed by atoms with van der Waals surface area (Å²) in [6, 6.07) is 22.9. The number of aliphatic hydroxyl groups is 1. The van der Waals surface area contributed by atoms with Crippen molar-refractivity contribution in [2.75, 3.05) is 12.8 Å². The quantitative estimate of drug-likeness (QED) is 0.629. The lowest BCUT2D eigenvalue weighted by Gasteiger charge is -2.27. The molecule has 1 heterocycles. The second-order valence-electron chi connectivity index (χ2n) is 6.64. The molecule has 0 saturated heterocycles. The molecule has 0 aliphatic carbocycles. The summed E-state index contributed by atoms with van der Waals surface area (Å²) >= 11 is 1.65. The van der Waals surface area contributed by atoms with Gasteiger partial charge >= 0.3 is 0 Å². The van der Waals surface area contributed by atoms with Crippen LogP contribution in [0.1, 0.15) is 28.7 Å². The van der Waals surface area contributed by atoms with Crippen LogP contribution in [0.3, 0.4) is 0 Å². The minimum absolute atomic E-state index is 0.150. The van der Waals surface area contributed by atoms with Gasteiger partial charge in [-0.1, -0.05) is 48.5 Å². The second-order valence-corrected chi connectivity index (χ2v) is 7.52. The molecule has 1 aliphatic heterocycles. The Kier molecular flexibility index (Phi) is 5.37. The zero-order valence-corrected chi connectivity index (χ0v) is 16.3. The number of hydrogen-bond acceptors (Lipinski definition) is 4. The Hall–Kier alpha value is -2.76. The lowest BCUT2D eigenvalue weighted by molar-refractivity contribution is -0.122. The Balaban J connectivity index is 1.53. The molecule has 0 radical (unpaired) electrons. The van der Waals surface area contributed by atoms with Crippen LogP contribution in [0.25, 0.3) is 0 Å². The maximum Gasteiger partial charge on any atom is 0.232 e. The zero-order valence-electron chi connectivity index (χ0n) is 15.5. The van der Waals surface area contributed by atoms with Crippen LogP contribution in [-0.2, 0) is 4.79 Å². The molecule has 0 aromatic heterocycles. The van der Waals surface area contributed by atoms with E-state index in [1.807, 2.05) is 79.1 Å². The van der Waals surface area contributed by atoms with E-state index in [1.165, 1.54) is 0 Å². The Bertz CT molecular complexity index is 942. The first-order chi connectivity index (χ1) is 13.7. The van der Waals surface area contributed by atoms with E-state index in [4.69, 9.17) is 4.74 Å². The van der Waals surface area contributed by atoms with Gasteiger partial charge in [0, 0.05) is 22.6 Å². The van der Waals surface area contributed by atoms with E-state index in [2.05, 4.69) is 5.32 Å². The highest BCUT2D eigenvalue weighted by Crippen LogP contribution is 2.43. The number of fused-ring (bicyclic) bond motifs is 2. The van der Waals surface area contributed by atoms with Crippen LogP contribution in [0.15, 0.2) is 77.7 Å². The maximum absolute atomic E-state index is 13.1. The van der Waals surface area contributed by atoms with Gasteiger partial charge in [0.1, 0.15) is 11.5 Å². The molecule has 1 amide bonds. The standard InChI is InChI=1S/C23H21NO3S/c1-28-16-12-10-15(11-13-16)19(25)14-24-23(26)22-17-6-2-4-8-20(17)27-21-9-5-3-7-18(21)22/h2-13,19,22,25H,14H2,1H3,(H,24,26). The largest absolute Gasteiger partial charge is 0.457 e. The van der Waals surface area contributed by atoms with Crippen LogP contribution >= 0.6 is 11.8 Å². The van der Waals surface area contributed by atoms with Crippen molar-refractivity contribution >= 4 is 17.7 Å². The zero-order chi connectivity index (χ0) is 19.5. The average molecular weight is 391 g/mol.